The van der Waals surface area contributed by atoms with Crippen molar-refractivity contribution in [2.45, 2.75) is 51.8 Å². The molecule has 1 unspecified atom stereocenters. The Labute approximate surface area is 261 Å². The number of rotatable bonds is 12. The molecule has 0 radical (unpaired) electrons. The van der Waals surface area contributed by atoms with Crippen LogP contribution in [0.25, 0.3) is 10.9 Å². The molecule has 2 aliphatic rings. The standard InChI is InChI=1S/C33H41F2N3O7/c1-5-6-13-44-33(40)38-10-9-24-26(28(41-3)14-21(2)31(24)38)16-37-12-11-36(18-30(34)35)17-27(37)22-7-8-25(32(39)42-4)29(15-22)45-23-19-43-20-23/h7-10,14-15,23,27,30H,5-6,11-13,16-20H2,1-4H3. The van der Waals surface area contributed by atoms with Crippen LogP contribution in [-0.4, -0.2) is 99.2 Å². The Morgan fingerprint density at radius 2 is 1.89 bits per heavy atom. The summed E-state index contributed by atoms with van der Waals surface area (Å²) in [6, 6.07) is 8.78. The highest BCUT2D eigenvalue weighted by Gasteiger charge is 2.33. The number of hydrogen-bond donors (Lipinski definition) is 0. The van der Waals surface area contributed by atoms with E-state index in [0.717, 1.165) is 40.4 Å². The van der Waals surface area contributed by atoms with Crippen molar-refractivity contribution < 1.29 is 42.1 Å². The number of fused-ring (bicyclic) bond motifs is 1. The highest BCUT2D eigenvalue weighted by Crippen LogP contribution is 2.37. The summed E-state index contributed by atoms with van der Waals surface area (Å²) in [5.41, 5.74) is 3.58. The number of aryl methyl sites for hydroxylation is 1. The van der Waals surface area contributed by atoms with Crippen molar-refractivity contribution in [1.82, 2.24) is 14.4 Å². The third-order valence-corrected chi connectivity index (χ3v) is 8.40. The first-order chi connectivity index (χ1) is 21.7. The van der Waals surface area contributed by atoms with E-state index in [9.17, 15) is 18.4 Å². The van der Waals surface area contributed by atoms with Gasteiger partial charge in [0.1, 0.15) is 23.2 Å². The molecule has 0 aliphatic carbocycles. The third-order valence-electron chi connectivity index (χ3n) is 8.40. The maximum atomic E-state index is 13.5. The summed E-state index contributed by atoms with van der Waals surface area (Å²) in [5.74, 6) is 0.509. The highest BCUT2D eigenvalue weighted by molar-refractivity contribution is 5.95. The Bertz CT molecular complexity index is 1510. The van der Waals surface area contributed by atoms with Crippen molar-refractivity contribution in [1.29, 1.82) is 0 Å². The van der Waals surface area contributed by atoms with Crippen LogP contribution in [0.3, 0.4) is 0 Å². The van der Waals surface area contributed by atoms with Gasteiger partial charge in [0.2, 0.25) is 0 Å². The fraction of sp³-hybridized carbons (Fsp3) is 0.515. The lowest BCUT2D eigenvalue weighted by molar-refractivity contribution is -0.0800. The van der Waals surface area contributed by atoms with E-state index < -0.39 is 18.5 Å². The number of aromatic nitrogens is 1. The van der Waals surface area contributed by atoms with Gasteiger partial charge in [-0.2, -0.15) is 0 Å². The number of unbranched alkanes of at least 4 members (excludes halogenated alkanes) is 1. The number of alkyl halides is 2. The fourth-order valence-electron chi connectivity index (χ4n) is 5.96. The van der Waals surface area contributed by atoms with Gasteiger partial charge in [-0.25, -0.2) is 18.4 Å². The van der Waals surface area contributed by atoms with E-state index in [-0.39, 0.29) is 24.3 Å². The maximum Gasteiger partial charge on any atom is 0.418 e. The number of hydrogen-bond acceptors (Lipinski definition) is 9. The molecule has 45 heavy (non-hydrogen) atoms. The summed E-state index contributed by atoms with van der Waals surface area (Å²) >= 11 is 0. The lowest BCUT2D eigenvalue weighted by Crippen LogP contribution is -2.49. The molecule has 2 aromatic carbocycles. The van der Waals surface area contributed by atoms with Gasteiger partial charge < -0.3 is 23.7 Å². The zero-order valence-corrected chi connectivity index (χ0v) is 26.2. The number of carbonyl (C=O) groups excluding carboxylic acids is 2. The molecule has 1 atom stereocenters. The summed E-state index contributed by atoms with van der Waals surface area (Å²) in [7, 11) is 2.92. The molecule has 12 heteroatoms. The van der Waals surface area contributed by atoms with Crippen molar-refractivity contribution in [3.8, 4) is 11.5 Å². The van der Waals surface area contributed by atoms with Gasteiger partial charge in [-0.3, -0.25) is 14.4 Å². The molecule has 244 valence electrons. The van der Waals surface area contributed by atoms with Crippen LogP contribution >= 0.6 is 0 Å². The maximum absolute atomic E-state index is 13.5. The first-order valence-electron chi connectivity index (χ1n) is 15.3. The number of carbonyl (C=O) groups is 2. The van der Waals surface area contributed by atoms with Crippen molar-refractivity contribution >= 4 is 23.0 Å². The molecule has 5 rings (SSSR count). The van der Waals surface area contributed by atoms with Gasteiger partial charge in [-0.1, -0.05) is 19.4 Å². The predicted molar refractivity (Wildman–Crippen MR) is 163 cm³/mol. The quantitative estimate of drug-likeness (QED) is 0.192. The van der Waals surface area contributed by atoms with E-state index in [0.29, 0.717) is 57.5 Å². The van der Waals surface area contributed by atoms with E-state index in [1.54, 1.807) is 30.3 Å². The lowest BCUT2D eigenvalue weighted by atomic mass is 9.97. The average molecular weight is 630 g/mol. The first kappa shape index (κ1) is 32.6. The van der Waals surface area contributed by atoms with Crippen LogP contribution in [0.1, 0.15) is 52.9 Å². The van der Waals surface area contributed by atoms with Crippen LogP contribution in [-0.2, 0) is 20.8 Å². The number of halogens is 2. The van der Waals surface area contributed by atoms with Crippen molar-refractivity contribution in [3.63, 3.8) is 0 Å². The number of benzene rings is 2. The van der Waals surface area contributed by atoms with Crippen LogP contribution < -0.4 is 9.47 Å². The number of nitrogens with zero attached hydrogens (tertiary/aromatic N) is 3. The van der Waals surface area contributed by atoms with Crippen LogP contribution in [0.4, 0.5) is 13.6 Å². The van der Waals surface area contributed by atoms with Crippen LogP contribution in [0.5, 0.6) is 11.5 Å². The van der Waals surface area contributed by atoms with Gasteiger partial charge in [-0.15, -0.1) is 0 Å². The van der Waals surface area contributed by atoms with E-state index in [1.165, 1.54) is 11.7 Å². The fourth-order valence-corrected chi connectivity index (χ4v) is 5.96. The Hall–Kier alpha value is -3.74. The minimum atomic E-state index is -2.47. The minimum absolute atomic E-state index is 0.191. The molecule has 10 nitrogen and oxygen atoms in total. The molecule has 3 heterocycles. The van der Waals surface area contributed by atoms with Gasteiger partial charge in [0.15, 0.2) is 0 Å². The summed E-state index contributed by atoms with van der Waals surface area (Å²) in [6.07, 6.45) is 0.316. The molecule has 0 spiro atoms. The summed E-state index contributed by atoms with van der Waals surface area (Å²) < 4.78 is 56.2. The average Bonchev–Trinajstić information content (AvgIpc) is 3.46. The van der Waals surface area contributed by atoms with Crippen molar-refractivity contribution in [2.75, 3.05) is 60.2 Å². The number of esters is 1. The van der Waals surface area contributed by atoms with Gasteiger partial charge in [0, 0.05) is 49.4 Å². The predicted octanol–water partition coefficient (Wildman–Crippen LogP) is 5.43. The smallest absolute Gasteiger partial charge is 0.418 e. The largest absolute Gasteiger partial charge is 0.496 e. The second-order valence-electron chi connectivity index (χ2n) is 11.5. The molecule has 0 amide bonds. The molecule has 2 saturated heterocycles. The number of piperazine rings is 1. The molecule has 2 fully saturated rings. The van der Waals surface area contributed by atoms with Gasteiger partial charge in [0.05, 0.1) is 46.1 Å². The zero-order valence-electron chi connectivity index (χ0n) is 26.2. The summed E-state index contributed by atoms with van der Waals surface area (Å²) in [6.45, 7) is 6.51. The monoisotopic (exact) mass is 629 g/mol. The van der Waals surface area contributed by atoms with Crippen LogP contribution in [0.2, 0.25) is 0 Å². The highest BCUT2D eigenvalue weighted by atomic mass is 19.3. The summed E-state index contributed by atoms with van der Waals surface area (Å²) in [5, 5.41) is 0.850. The molecule has 2 aliphatic heterocycles. The molecular formula is C33H41F2N3O7. The third kappa shape index (κ3) is 7.23. The Balaban J connectivity index is 1.52. The lowest BCUT2D eigenvalue weighted by Gasteiger charge is -2.42. The molecule has 0 saturated carbocycles. The summed E-state index contributed by atoms with van der Waals surface area (Å²) in [4.78, 5) is 29.5. The van der Waals surface area contributed by atoms with Crippen molar-refractivity contribution in [3.05, 3.63) is 58.8 Å². The first-order valence-corrected chi connectivity index (χ1v) is 15.3. The Kier molecular flexibility index (Phi) is 10.6. The van der Waals surface area contributed by atoms with Crippen LogP contribution in [0.15, 0.2) is 36.5 Å². The minimum Gasteiger partial charge on any atom is -0.496 e. The van der Waals surface area contributed by atoms with E-state index in [1.807, 2.05) is 32.0 Å². The van der Waals surface area contributed by atoms with Gasteiger partial charge in [-0.05, 0) is 48.7 Å². The van der Waals surface area contributed by atoms with Crippen LogP contribution in [0, 0.1) is 6.92 Å². The normalized spacial score (nSPS) is 17.8. The van der Waals surface area contributed by atoms with Gasteiger partial charge >= 0.3 is 12.1 Å². The molecule has 0 bridgehead atoms. The molecule has 3 aromatic rings. The number of methoxy groups -OCH3 is 2. The second kappa shape index (κ2) is 14.6. The topological polar surface area (TPSA) is 91.7 Å². The second-order valence-corrected chi connectivity index (χ2v) is 11.5. The zero-order chi connectivity index (χ0) is 32.1. The van der Waals surface area contributed by atoms with Gasteiger partial charge in [0.25, 0.3) is 6.43 Å². The Morgan fingerprint density at radius 1 is 1.09 bits per heavy atom. The van der Waals surface area contributed by atoms with E-state index in [2.05, 4.69) is 4.90 Å². The molecule has 1 aromatic heterocycles. The molecule has 0 N–H and O–H groups in total. The van der Waals surface area contributed by atoms with E-state index in [4.69, 9.17) is 23.7 Å². The Morgan fingerprint density at radius 3 is 2.56 bits per heavy atom. The SMILES string of the molecule is CCCCOC(=O)n1ccc2c(CN3CCN(CC(F)F)CC3c3ccc(C(=O)OC)c(OC4COC4)c3)c(OC)cc(C)c21. The molecular weight excluding hydrogens is 588 g/mol. The van der Waals surface area contributed by atoms with E-state index >= 15 is 0 Å². The number of ether oxygens (including phenoxy) is 5. The van der Waals surface area contributed by atoms with Crippen molar-refractivity contribution in [2.24, 2.45) is 0 Å².